The fourth-order valence-electron chi connectivity index (χ4n) is 1.27. The minimum Gasteiger partial charge on any atom is -0.301 e. The second kappa shape index (κ2) is 4.69. The van der Waals surface area contributed by atoms with E-state index in [1.54, 1.807) is 0 Å². The Kier molecular flexibility index (Phi) is 3.82. The lowest BCUT2D eigenvalue weighted by atomic mass is 10.1. The summed E-state index contributed by atoms with van der Waals surface area (Å²) in [7, 11) is 0. The van der Waals surface area contributed by atoms with E-state index in [-0.39, 0.29) is 6.04 Å². The third kappa shape index (κ3) is 3.18. The van der Waals surface area contributed by atoms with Crippen LogP contribution in [0.4, 0.5) is 0 Å². The SMILES string of the molecule is C#CC(C)NC1CCSCC1. The van der Waals surface area contributed by atoms with E-state index in [2.05, 4.69) is 11.2 Å². The van der Waals surface area contributed by atoms with Gasteiger partial charge in [-0.25, -0.2) is 0 Å². The molecule has 1 aliphatic heterocycles. The van der Waals surface area contributed by atoms with Crippen molar-refractivity contribution in [3.8, 4) is 12.3 Å². The highest BCUT2D eigenvalue weighted by Crippen LogP contribution is 2.16. The molecule has 1 rings (SSSR count). The van der Waals surface area contributed by atoms with Crippen molar-refractivity contribution in [1.29, 1.82) is 0 Å². The lowest BCUT2D eigenvalue weighted by Crippen LogP contribution is -2.38. The molecule has 1 N–H and O–H groups in total. The van der Waals surface area contributed by atoms with Crippen molar-refractivity contribution in [3.63, 3.8) is 0 Å². The fraction of sp³-hybridized carbons (Fsp3) is 0.778. The summed E-state index contributed by atoms with van der Waals surface area (Å²) >= 11 is 2.04. The van der Waals surface area contributed by atoms with Crippen molar-refractivity contribution in [2.24, 2.45) is 0 Å². The Bertz CT molecular complexity index is 144. The molecule has 1 unspecified atom stereocenters. The maximum atomic E-state index is 5.27. The number of rotatable bonds is 2. The van der Waals surface area contributed by atoms with Crippen molar-refractivity contribution < 1.29 is 0 Å². The molecule has 0 aromatic rings. The molecule has 1 heterocycles. The van der Waals surface area contributed by atoms with E-state index in [0.717, 1.165) is 0 Å². The first-order valence-corrected chi connectivity index (χ1v) is 5.28. The molecule has 1 saturated heterocycles. The zero-order chi connectivity index (χ0) is 8.10. The predicted octanol–water partition coefficient (Wildman–Crippen LogP) is 1.49. The highest BCUT2D eigenvalue weighted by molar-refractivity contribution is 7.99. The van der Waals surface area contributed by atoms with Crippen LogP contribution in [0.25, 0.3) is 0 Å². The largest absolute Gasteiger partial charge is 0.301 e. The summed E-state index contributed by atoms with van der Waals surface area (Å²) in [5.41, 5.74) is 0. The standard InChI is InChI=1S/C9H15NS/c1-3-8(2)10-9-4-6-11-7-5-9/h1,8-10H,4-7H2,2H3. The fourth-order valence-corrected chi connectivity index (χ4v) is 2.37. The van der Waals surface area contributed by atoms with Gasteiger partial charge in [-0.2, -0.15) is 11.8 Å². The summed E-state index contributed by atoms with van der Waals surface area (Å²) in [5.74, 6) is 5.27. The first kappa shape index (κ1) is 8.96. The average Bonchev–Trinajstić information content (AvgIpc) is 2.06. The Labute approximate surface area is 73.3 Å². The van der Waals surface area contributed by atoms with Crippen LogP contribution in [0.2, 0.25) is 0 Å². The molecular formula is C9H15NS. The summed E-state index contributed by atoms with van der Waals surface area (Å²) in [4.78, 5) is 0. The molecule has 1 fully saturated rings. The number of hydrogen-bond donors (Lipinski definition) is 1. The number of nitrogens with one attached hydrogen (secondary N) is 1. The molecule has 0 saturated carbocycles. The monoisotopic (exact) mass is 169 g/mol. The highest BCUT2D eigenvalue weighted by atomic mass is 32.2. The molecule has 1 nitrogen and oxygen atoms in total. The second-order valence-electron chi connectivity index (χ2n) is 2.94. The van der Waals surface area contributed by atoms with Gasteiger partial charge in [-0.1, -0.05) is 5.92 Å². The molecule has 1 atom stereocenters. The van der Waals surface area contributed by atoms with E-state index < -0.39 is 0 Å². The number of hydrogen-bond acceptors (Lipinski definition) is 2. The maximum Gasteiger partial charge on any atom is 0.0660 e. The van der Waals surface area contributed by atoms with Gasteiger partial charge in [-0.3, -0.25) is 0 Å². The first-order valence-electron chi connectivity index (χ1n) is 4.13. The van der Waals surface area contributed by atoms with Crippen LogP contribution >= 0.6 is 11.8 Å². The van der Waals surface area contributed by atoms with Gasteiger partial charge in [0.2, 0.25) is 0 Å². The molecule has 0 aromatic carbocycles. The zero-order valence-electron chi connectivity index (χ0n) is 6.97. The molecule has 0 radical (unpaired) electrons. The smallest absolute Gasteiger partial charge is 0.0660 e. The molecule has 2 heteroatoms. The van der Waals surface area contributed by atoms with Crippen molar-refractivity contribution in [3.05, 3.63) is 0 Å². The Balaban J connectivity index is 2.20. The Morgan fingerprint density at radius 1 is 1.55 bits per heavy atom. The summed E-state index contributed by atoms with van der Waals surface area (Å²) in [6, 6.07) is 0.908. The molecule has 0 amide bonds. The van der Waals surface area contributed by atoms with Gasteiger partial charge in [0.15, 0.2) is 0 Å². The van der Waals surface area contributed by atoms with Gasteiger partial charge in [0.25, 0.3) is 0 Å². The molecule has 11 heavy (non-hydrogen) atoms. The van der Waals surface area contributed by atoms with Gasteiger partial charge in [0.1, 0.15) is 0 Å². The van der Waals surface area contributed by atoms with Crippen LogP contribution in [-0.2, 0) is 0 Å². The normalized spacial score (nSPS) is 22.5. The average molecular weight is 169 g/mol. The summed E-state index contributed by atoms with van der Waals surface area (Å²) in [6.07, 6.45) is 7.82. The predicted molar refractivity (Wildman–Crippen MR) is 51.8 cm³/mol. The summed E-state index contributed by atoms with van der Waals surface area (Å²) in [6.45, 7) is 2.04. The van der Waals surface area contributed by atoms with E-state index in [1.807, 2.05) is 18.7 Å². The third-order valence-electron chi connectivity index (χ3n) is 1.96. The van der Waals surface area contributed by atoms with Gasteiger partial charge in [-0.05, 0) is 31.3 Å². The van der Waals surface area contributed by atoms with E-state index in [0.29, 0.717) is 6.04 Å². The van der Waals surface area contributed by atoms with E-state index >= 15 is 0 Å². The topological polar surface area (TPSA) is 12.0 Å². The van der Waals surface area contributed by atoms with Gasteiger partial charge < -0.3 is 5.32 Å². The lowest BCUT2D eigenvalue weighted by molar-refractivity contribution is 0.465. The van der Waals surface area contributed by atoms with E-state index in [1.165, 1.54) is 24.3 Å². The molecule has 0 spiro atoms. The summed E-state index contributed by atoms with van der Waals surface area (Å²) < 4.78 is 0. The minimum absolute atomic E-state index is 0.239. The van der Waals surface area contributed by atoms with Crippen molar-refractivity contribution >= 4 is 11.8 Å². The van der Waals surface area contributed by atoms with Crippen LogP contribution in [-0.4, -0.2) is 23.6 Å². The van der Waals surface area contributed by atoms with E-state index in [4.69, 9.17) is 6.42 Å². The van der Waals surface area contributed by atoms with Crippen LogP contribution in [0.1, 0.15) is 19.8 Å². The second-order valence-corrected chi connectivity index (χ2v) is 4.17. The quantitative estimate of drug-likeness (QED) is 0.629. The molecule has 62 valence electrons. The van der Waals surface area contributed by atoms with Crippen LogP contribution < -0.4 is 5.32 Å². The van der Waals surface area contributed by atoms with Crippen LogP contribution in [0.15, 0.2) is 0 Å². The lowest BCUT2D eigenvalue weighted by Gasteiger charge is -2.24. The third-order valence-corrected chi connectivity index (χ3v) is 3.01. The minimum atomic E-state index is 0.239. The Morgan fingerprint density at radius 3 is 2.73 bits per heavy atom. The van der Waals surface area contributed by atoms with Crippen LogP contribution in [0, 0.1) is 12.3 Å². The highest BCUT2D eigenvalue weighted by Gasteiger charge is 2.13. The van der Waals surface area contributed by atoms with Crippen LogP contribution in [0.3, 0.4) is 0 Å². The van der Waals surface area contributed by atoms with Crippen molar-refractivity contribution in [2.75, 3.05) is 11.5 Å². The van der Waals surface area contributed by atoms with E-state index in [9.17, 15) is 0 Å². The van der Waals surface area contributed by atoms with Gasteiger partial charge in [0, 0.05) is 6.04 Å². The maximum absolute atomic E-state index is 5.27. The molecular weight excluding hydrogens is 154 g/mol. The Morgan fingerprint density at radius 2 is 2.18 bits per heavy atom. The Hall–Kier alpha value is -0.130. The number of terminal acetylenes is 1. The van der Waals surface area contributed by atoms with Gasteiger partial charge in [-0.15, -0.1) is 6.42 Å². The van der Waals surface area contributed by atoms with Crippen LogP contribution in [0.5, 0.6) is 0 Å². The molecule has 0 bridgehead atoms. The molecule has 1 aliphatic rings. The molecule has 0 aromatic heterocycles. The number of thioether (sulfide) groups is 1. The van der Waals surface area contributed by atoms with Gasteiger partial charge in [0.05, 0.1) is 6.04 Å². The van der Waals surface area contributed by atoms with Crippen molar-refractivity contribution in [2.45, 2.75) is 31.8 Å². The molecule has 0 aliphatic carbocycles. The zero-order valence-corrected chi connectivity index (χ0v) is 7.79. The first-order chi connectivity index (χ1) is 5.33. The van der Waals surface area contributed by atoms with Crippen molar-refractivity contribution in [1.82, 2.24) is 5.32 Å². The van der Waals surface area contributed by atoms with Gasteiger partial charge >= 0.3 is 0 Å². The summed E-state index contributed by atoms with van der Waals surface area (Å²) in [5, 5.41) is 3.42.